The van der Waals surface area contributed by atoms with Crippen molar-refractivity contribution >= 4 is 21.6 Å². The molecule has 3 heteroatoms. The van der Waals surface area contributed by atoms with E-state index in [1.165, 1.54) is 5.56 Å². The molecule has 0 saturated heterocycles. The van der Waals surface area contributed by atoms with Crippen molar-refractivity contribution in [3.8, 4) is 5.75 Å². The zero-order valence-electron chi connectivity index (χ0n) is 11.4. The Morgan fingerprint density at radius 3 is 2.47 bits per heavy atom. The topological polar surface area (TPSA) is 32.3 Å². The van der Waals surface area contributed by atoms with Gasteiger partial charge >= 0.3 is 0 Å². The van der Waals surface area contributed by atoms with E-state index < -0.39 is 0 Å². The van der Waals surface area contributed by atoms with Crippen molar-refractivity contribution in [1.82, 2.24) is 0 Å². The van der Waals surface area contributed by atoms with Crippen LogP contribution in [0.5, 0.6) is 5.75 Å². The summed E-state index contributed by atoms with van der Waals surface area (Å²) in [5, 5.41) is 13.4. The molecule has 1 atom stereocenters. The average molecular weight is 320 g/mol. The van der Waals surface area contributed by atoms with E-state index in [-0.39, 0.29) is 6.04 Å². The Bertz CT molecular complexity index is 595. The van der Waals surface area contributed by atoms with Gasteiger partial charge in [0, 0.05) is 21.8 Å². The van der Waals surface area contributed by atoms with Gasteiger partial charge in [-0.05, 0) is 44.0 Å². The SMILES string of the molecule is Cc1ccc(NC(C)c2ccccc2Br)c(C)c1O. The Kier molecular flexibility index (Phi) is 4.15. The van der Waals surface area contributed by atoms with Crippen molar-refractivity contribution in [2.24, 2.45) is 0 Å². The first-order valence-electron chi connectivity index (χ1n) is 6.31. The standard InChI is InChI=1S/C16H18BrNO/c1-10-8-9-15(11(2)16(10)19)18-12(3)13-6-4-5-7-14(13)17/h4-9,12,18-19H,1-3H3. The lowest BCUT2D eigenvalue weighted by atomic mass is 10.1. The molecule has 100 valence electrons. The minimum Gasteiger partial charge on any atom is -0.507 e. The van der Waals surface area contributed by atoms with Gasteiger partial charge in [-0.1, -0.05) is 40.2 Å². The first-order chi connectivity index (χ1) is 9.00. The van der Waals surface area contributed by atoms with Crippen LogP contribution < -0.4 is 5.32 Å². The Morgan fingerprint density at radius 2 is 1.79 bits per heavy atom. The van der Waals surface area contributed by atoms with Gasteiger partial charge in [0.25, 0.3) is 0 Å². The molecule has 0 heterocycles. The second-order valence-corrected chi connectivity index (χ2v) is 5.65. The highest BCUT2D eigenvalue weighted by Gasteiger charge is 2.12. The lowest BCUT2D eigenvalue weighted by molar-refractivity contribution is 0.467. The molecule has 0 radical (unpaired) electrons. The molecule has 0 spiro atoms. The summed E-state index contributed by atoms with van der Waals surface area (Å²) < 4.78 is 1.09. The van der Waals surface area contributed by atoms with Gasteiger partial charge in [0.15, 0.2) is 0 Å². The predicted molar refractivity (Wildman–Crippen MR) is 83.8 cm³/mol. The van der Waals surface area contributed by atoms with Crippen molar-refractivity contribution in [3.63, 3.8) is 0 Å². The number of aromatic hydroxyl groups is 1. The first-order valence-corrected chi connectivity index (χ1v) is 7.10. The van der Waals surface area contributed by atoms with Gasteiger partial charge < -0.3 is 10.4 Å². The Balaban J connectivity index is 2.27. The number of hydrogen-bond acceptors (Lipinski definition) is 2. The van der Waals surface area contributed by atoms with Gasteiger partial charge in [-0.2, -0.15) is 0 Å². The second kappa shape index (κ2) is 5.66. The molecule has 19 heavy (non-hydrogen) atoms. The summed E-state index contributed by atoms with van der Waals surface area (Å²) in [5.41, 5.74) is 3.95. The summed E-state index contributed by atoms with van der Waals surface area (Å²) in [6, 6.07) is 12.3. The lowest BCUT2D eigenvalue weighted by Crippen LogP contribution is -2.08. The van der Waals surface area contributed by atoms with Crippen LogP contribution >= 0.6 is 15.9 Å². The fraction of sp³-hybridized carbons (Fsp3) is 0.250. The van der Waals surface area contributed by atoms with Gasteiger partial charge in [-0.15, -0.1) is 0 Å². The highest BCUT2D eigenvalue weighted by Crippen LogP contribution is 2.32. The molecule has 2 N–H and O–H groups in total. The third-order valence-electron chi connectivity index (χ3n) is 3.38. The van der Waals surface area contributed by atoms with Crippen molar-refractivity contribution < 1.29 is 5.11 Å². The smallest absolute Gasteiger partial charge is 0.123 e. The van der Waals surface area contributed by atoms with Crippen LogP contribution in [0.2, 0.25) is 0 Å². The maximum Gasteiger partial charge on any atom is 0.123 e. The van der Waals surface area contributed by atoms with Crippen LogP contribution in [0, 0.1) is 13.8 Å². The van der Waals surface area contributed by atoms with Crippen LogP contribution in [-0.4, -0.2) is 5.11 Å². The highest BCUT2D eigenvalue weighted by atomic mass is 79.9. The average Bonchev–Trinajstić information content (AvgIpc) is 2.40. The molecular weight excluding hydrogens is 302 g/mol. The van der Waals surface area contributed by atoms with Gasteiger partial charge in [-0.25, -0.2) is 0 Å². The van der Waals surface area contributed by atoms with E-state index in [2.05, 4.69) is 34.2 Å². The van der Waals surface area contributed by atoms with E-state index in [0.717, 1.165) is 21.3 Å². The molecule has 2 rings (SSSR count). The van der Waals surface area contributed by atoms with Crippen LogP contribution in [0.1, 0.15) is 29.7 Å². The fourth-order valence-electron chi connectivity index (χ4n) is 2.13. The third-order valence-corrected chi connectivity index (χ3v) is 4.10. The molecule has 1 unspecified atom stereocenters. The molecule has 0 aliphatic carbocycles. The molecule has 2 aromatic carbocycles. The molecule has 0 fully saturated rings. The van der Waals surface area contributed by atoms with E-state index in [1.807, 2.05) is 44.2 Å². The van der Waals surface area contributed by atoms with Crippen LogP contribution in [0.25, 0.3) is 0 Å². The zero-order chi connectivity index (χ0) is 14.0. The van der Waals surface area contributed by atoms with Gasteiger partial charge in [0.2, 0.25) is 0 Å². The number of hydrogen-bond donors (Lipinski definition) is 2. The number of nitrogens with one attached hydrogen (secondary N) is 1. The molecule has 0 amide bonds. The van der Waals surface area contributed by atoms with E-state index in [4.69, 9.17) is 0 Å². The van der Waals surface area contributed by atoms with E-state index >= 15 is 0 Å². The Hall–Kier alpha value is -1.48. The molecule has 0 aromatic heterocycles. The zero-order valence-corrected chi connectivity index (χ0v) is 13.0. The molecule has 2 nitrogen and oxygen atoms in total. The van der Waals surface area contributed by atoms with Crippen molar-refractivity contribution in [3.05, 3.63) is 57.6 Å². The van der Waals surface area contributed by atoms with E-state index in [0.29, 0.717) is 5.75 Å². The first kappa shape index (κ1) is 13.9. The van der Waals surface area contributed by atoms with Crippen molar-refractivity contribution in [1.29, 1.82) is 0 Å². The number of phenolic OH excluding ortho intramolecular Hbond substituents is 1. The Morgan fingerprint density at radius 1 is 1.11 bits per heavy atom. The summed E-state index contributed by atoms with van der Waals surface area (Å²) in [6.45, 7) is 5.94. The van der Waals surface area contributed by atoms with Crippen LogP contribution in [0.4, 0.5) is 5.69 Å². The van der Waals surface area contributed by atoms with Crippen LogP contribution in [0.3, 0.4) is 0 Å². The summed E-state index contributed by atoms with van der Waals surface area (Å²) in [7, 11) is 0. The van der Waals surface area contributed by atoms with Gasteiger partial charge in [-0.3, -0.25) is 0 Å². The number of anilines is 1. The maximum atomic E-state index is 9.98. The van der Waals surface area contributed by atoms with Crippen molar-refractivity contribution in [2.45, 2.75) is 26.8 Å². The lowest BCUT2D eigenvalue weighted by Gasteiger charge is -2.19. The third kappa shape index (κ3) is 2.92. The Labute approximate surface area is 122 Å². The van der Waals surface area contributed by atoms with E-state index in [1.54, 1.807) is 0 Å². The molecule has 0 aliphatic rings. The summed E-state index contributed by atoms with van der Waals surface area (Å²) in [4.78, 5) is 0. The normalized spacial score (nSPS) is 12.2. The molecule has 0 saturated carbocycles. The fourth-order valence-corrected chi connectivity index (χ4v) is 2.76. The minimum absolute atomic E-state index is 0.163. The number of phenols is 1. The molecular formula is C16H18BrNO. The monoisotopic (exact) mass is 319 g/mol. The summed E-state index contributed by atoms with van der Waals surface area (Å²) in [5.74, 6) is 0.365. The molecule has 2 aromatic rings. The molecule has 0 bridgehead atoms. The van der Waals surface area contributed by atoms with Gasteiger partial charge in [0.1, 0.15) is 5.75 Å². The van der Waals surface area contributed by atoms with Crippen LogP contribution in [-0.2, 0) is 0 Å². The summed E-state index contributed by atoms with van der Waals surface area (Å²) in [6.07, 6.45) is 0. The number of rotatable bonds is 3. The quantitative estimate of drug-likeness (QED) is 0.839. The number of aryl methyl sites for hydroxylation is 1. The van der Waals surface area contributed by atoms with Crippen molar-refractivity contribution in [2.75, 3.05) is 5.32 Å². The number of benzene rings is 2. The number of halogens is 1. The highest BCUT2D eigenvalue weighted by molar-refractivity contribution is 9.10. The van der Waals surface area contributed by atoms with E-state index in [9.17, 15) is 5.11 Å². The summed E-state index contributed by atoms with van der Waals surface area (Å²) >= 11 is 3.57. The minimum atomic E-state index is 0.163. The van der Waals surface area contributed by atoms with Gasteiger partial charge in [0.05, 0.1) is 0 Å². The molecule has 0 aliphatic heterocycles. The second-order valence-electron chi connectivity index (χ2n) is 4.79. The predicted octanol–water partition coefficient (Wildman–Crippen LogP) is 4.94. The van der Waals surface area contributed by atoms with Crippen LogP contribution in [0.15, 0.2) is 40.9 Å². The largest absolute Gasteiger partial charge is 0.507 e. The maximum absolute atomic E-state index is 9.98.